The van der Waals surface area contributed by atoms with E-state index in [4.69, 9.17) is 0 Å². The van der Waals surface area contributed by atoms with Crippen LogP contribution in [0.1, 0.15) is 38.3 Å². The van der Waals surface area contributed by atoms with Crippen LogP contribution < -0.4 is 5.32 Å². The van der Waals surface area contributed by atoms with Gasteiger partial charge in [-0.05, 0) is 30.5 Å². The molecule has 0 aromatic heterocycles. The van der Waals surface area contributed by atoms with Crippen LogP contribution in [0.15, 0.2) is 29.2 Å². The normalized spacial score (nSPS) is 17.4. The van der Waals surface area contributed by atoms with Crippen molar-refractivity contribution in [3.8, 4) is 0 Å². The van der Waals surface area contributed by atoms with Gasteiger partial charge < -0.3 is 10.4 Å². The van der Waals surface area contributed by atoms with Crippen LogP contribution in [0.2, 0.25) is 0 Å². The van der Waals surface area contributed by atoms with E-state index in [1.165, 1.54) is 23.3 Å². The standard InChI is InChI=1S/C14H21NOS/c1-10(2)17-13-7-3-11(4-8-13)14(9-16)15-12-5-6-12/h3-4,7-8,10,12,14-16H,5-6,9H2,1-2H3. The molecule has 94 valence electrons. The average molecular weight is 251 g/mol. The summed E-state index contributed by atoms with van der Waals surface area (Å²) in [6.07, 6.45) is 2.50. The number of hydrogen-bond donors (Lipinski definition) is 2. The molecule has 1 fully saturated rings. The largest absolute Gasteiger partial charge is 0.394 e. The Hall–Kier alpha value is -0.510. The van der Waals surface area contributed by atoms with Gasteiger partial charge >= 0.3 is 0 Å². The van der Waals surface area contributed by atoms with E-state index in [0.29, 0.717) is 11.3 Å². The minimum atomic E-state index is 0.0978. The molecule has 2 nitrogen and oxygen atoms in total. The van der Waals surface area contributed by atoms with Gasteiger partial charge in [0.1, 0.15) is 0 Å². The maximum atomic E-state index is 9.40. The highest BCUT2D eigenvalue weighted by Gasteiger charge is 2.24. The van der Waals surface area contributed by atoms with Gasteiger partial charge in [-0.2, -0.15) is 0 Å². The molecule has 0 aliphatic heterocycles. The van der Waals surface area contributed by atoms with Crippen molar-refractivity contribution >= 4 is 11.8 Å². The summed E-state index contributed by atoms with van der Waals surface area (Å²) in [5, 5.41) is 13.5. The third-order valence-electron chi connectivity index (χ3n) is 2.85. The predicted molar refractivity (Wildman–Crippen MR) is 73.4 cm³/mol. The second-order valence-electron chi connectivity index (χ2n) is 4.91. The second-order valence-corrected chi connectivity index (χ2v) is 6.56. The quantitative estimate of drug-likeness (QED) is 0.762. The number of benzene rings is 1. The number of aliphatic hydroxyl groups is 1. The van der Waals surface area contributed by atoms with Crippen LogP contribution in [0.5, 0.6) is 0 Å². The first-order valence-electron chi connectivity index (χ1n) is 6.32. The summed E-state index contributed by atoms with van der Waals surface area (Å²) in [5.41, 5.74) is 1.19. The Kier molecular flexibility index (Phi) is 4.48. The number of thioether (sulfide) groups is 1. The first kappa shape index (κ1) is 12.9. The Balaban J connectivity index is 1.99. The Morgan fingerprint density at radius 3 is 2.41 bits per heavy atom. The van der Waals surface area contributed by atoms with Crippen LogP contribution in [0, 0.1) is 0 Å². The molecule has 0 bridgehead atoms. The first-order valence-corrected chi connectivity index (χ1v) is 7.20. The zero-order valence-corrected chi connectivity index (χ0v) is 11.3. The molecule has 1 aromatic carbocycles. The highest BCUT2D eigenvalue weighted by Crippen LogP contribution is 2.27. The number of hydrogen-bond acceptors (Lipinski definition) is 3. The van der Waals surface area contributed by atoms with Crippen LogP contribution in [-0.4, -0.2) is 23.0 Å². The number of aliphatic hydroxyl groups excluding tert-OH is 1. The van der Waals surface area contributed by atoms with Crippen molar-refractivity contribution in [1.29, 1.82) is 0 Å². The summed E-state index contributed by atoms with van der Waals surface area (Å²) in [6.45, 7) is 4.57. The second kappa shape index (κ2) is 5.89. The maximum absolute atomic E-state index is 9.40. The number of nitrogens with one attached hydrogen (secondary N) is 1. The van der Waals surface area contributed by atoms with E-state index in [2.05, 4.69) is 43.4 Å². The summed E-state index contributed by atoms with van der Waals surface area (Å²) in [4.78, 5) is 1.30. The third kappa shape index (κ3) is 4.02. The molecule has 0 radical (unpaired) electrons. The molecule has 17 heavy (non-hydrogen) atoms. The van der Waals surface area contributed by atoms with Crippen molar-refractivity contribution in [3.05, 3.63) is 29.8 Å². The minimum absolute atomic E-state index is 0.0978. The molecule has 0 amide bonds. The van der Waals surface area contributed by atoms with Gasteiger partial charge in [-0.25, -0.2) is 0 Å². The lowest BCUT2D eigenvalue weighted by atomic mass is 10.1. The zero-order valence-electron chi connectivity index (χ0n) is 10.5. The lowest BCUT2D eigenvalue weighted by molar-refractivity contribution is 0.243. The zero-order chi connectivity index (χ0) is 12.3. The van der Waals surface area contributed by atoms with Crippen LogP contribution in [-0.2, 0) is 0 Å². The number of rotatable bonds is 6. The summed E-state index contributed by atoms with van der Waals surface area (Å²) in [7, 11) is 0. The highest BCUT2D eigenvalue weighted by molar-refractivity contribution is 7.99. The molecule has 1 saturated carbocycles. The summed E-state index contributed by atoms with van der Waals surface area (Å²) < 4.78 is 0. The molecule has 2 rings (SSSR count). The Labute approximate surface area is 108 Å². The van der Waals surface area contributed by atoms with Gasteiger partial charge in [0.05, 0.1) is 12.6 Å². The predicted octanol–water partition coefficient (Wildman–Crippen LogP) is 2.97. The molecular weight excluding hydrogens is 230 g/mol. The molecule has 1 aliphatic carbocycles. The van der Waals surface area contributed by atoms with Gasteiger partial charge in [-0.1, -0.05) is 26.0 Å². The van der Waals surface area contributed by atoms with E-state index >= 15 is 0 Å². The molecule has 3 heteroatoms. The van der Waals surface area contributed by atoms with Gasteiger partial charge in [0.15, 0.2) is 0 Å². The van der Waals surface area contributed by atoms with Crippen LogP contribution in [0.4, 0.5) is 0 Å². The molecule has 0 spiro atoms. The van der Waals surface area contributed by atoms with Crippen molar-refractivity contribution in [2.75, 3.05) is 6.61 Å². The molecule has 1 atom stereocenters. The van der Waals surface area contributed by atoms with Crippen LogP contribution in [0.25, 0.3) is 0 Å². The van der Waals surface area contributed by atoms with Crippen LogP contribution >= 0.6 is 11.8 Å². The fourth-order valence-electron chi connectivity index (χ4n) is 1.84. The molecule has 2 N–H and O–H groups in total. The fraction of sp³-hybridized carbons (Fsp3) is 0.571. The van der Waals surface area contributed by atoms with E-state index in [1.54, 1.807) is 0 Å². The first-order chi connectivity index (χ1) is 8.19. The highest BCUT2D eigenvalue weighted by atomic mass is 32.2. The molecule has 0 heterocycles. The Bertz CT molecular complexity index is 346. The van der Waals surface area contributed by atoms with Crippen molar-refractivity contribution in [2.24, 2.45) is 0 Å². The maximum Gasteiger partial charge on any atom is 0.0626 e. The monoisotopic (exact) mass is 251 g/mol. The van der Waals surface area contributed by atoms with Crippen LogP contribution in [0.3, 0.4) is 0 Å². The molecule has 1 aromatic rings. The van der Waals surface area contributed by atoms with Crippen molar-refractivity contribution < 1.29 is 5.11 Å². The fourth-order valence-corrected chi connectivity index (χ4v) is 2.68. The van der Waals surface area contributed by atoms with Gasteiger partial charge in [0.25, 0.3) is 0 Å². The van der Waals surface area contributed by atoms with E-state index in [9.17, 15) is 5.11 Å². The van der Waals surface area contributed by atoms with Gasteiger partial charge in [0.2, 0.25) is 0 Å². The molecule has 0 saturated heterocycles. The summed E-state index contributed by atoms with van der Waals surface area (Å²) in [6, 6.07) is 9.27. The molecule has 1 aliphatic rings. The average Bonchev–Trinajstić information content (AvgIpc) is 3.10. The van der Waals surface area contributed by atoms with Gasteiger partial charge in [-0.15, -0.1) is 11.8 Å². The van der Waals surface area contributed by atoms with E-state index in [-0.39, 0.29) is 12.6 Å². The van der Waals surface area contributed by atoms with Crippen molar-refractivity contribution in [3.63, 3.8) is 0 Å². The molecular formula is C14H21NOS. The van der Waals surface area contributed by atoms with E-state index in [1.807, 2.05) is 11.8 Å². The van der Waals surface area contributed by atoms with Gasteiger partial charge in [-0.3, -0.25) is 0 Å². The lowest BCUT2D eigenvalue weighted by Crippen LogP contribution is -2.26. The Morgan fingerprint density at radius 2 is 1.94 bits per heavy atom. The Morgan fingerprint density at radius 1 is 1.29 bits per heavy atom. The topological polar surface area (TPSA) is 32.3 Å². The lowest BCUT2D eigenvalue weighted by Gasteiger charge is -2.16. The third-order valence-corrected chi connectivity index (χ3v) is 3.87. The smallest absolute Gasteiger partial charge is 0.0626 e. The summed E-state index contributed by atoms with van der Waals surface area (Å²) in [5.74, 6) is 0. The minimum Gasteiger partial charge on any atom is -0.394 e. The van der Waals surface area contributed by atoms with Gasteiger partial charge in [0, 0.05) is 16.2 Å². The van der Waals surface area contributed by atoms with Crippen molar-refractivity contribution in [2.45, 2.75) is 48.9 Å². The van der Waals surface area contributed by atoms with Crippen molar-refractivity contribution in [1.82, 2.24) is 5.32 Å². The SMILES string of the molecule is CC(C)Sc1ccc(C(CO)NC2CC2)cc1. The molecule has 1 unspecified atom stereocenters. The summed E-state index contributed by atoms with van der Waals surface area (Å²) >= 11 is 1.87. The van der Waals surface area contributed by atoms with E-state index in [0.717, 1.165) is 0 Å². The van der Waals surface area contributed by atoms with E-state index < -0.39 is 0 Å².